The molecule has 0 aromatic heterocycles. The molecule has 1 aliphatic rings. The lowest BCUT2D eigenvalue weighted by atomic mass is 10.2. The molecule has 2 amide bonds. The highest BCUT2D eigenvalue weighted by atomic mass is 79.9. The quantitative estimate of drug-likeness (QED) is 0.917. The van der Waals surface area contributed by atoms with Crippen molar-refractivity contribution in [1.29, 1.82) is 0 Å². The molecule has 1 aromatic rings. The molecule has 1 atom stereocenters. The van der Waals surface area contributed by atoms with Crippen LogP contribution in [0.25, 0.3) is 0 Å². The lowest BCUT2D eigenvalue weighted by Gasteiger charge is -2.31. The zero-order valence-corrected chi connectivity index (χ0v) is 13.3. The van der Waals surface area contributed by atoms with E-state index in [9.17, 15) is 4.79 Å². The molecule has 0 unspecified atom stereocenters. The summed E-state index contributed by atoms with van der Waals surface area (Å²) in [5, 5.41) is 2.92. The summed E-state index contributed by atoms with van der Waals surface area (Å²) in [6.07, 6.45) is 0.0925. The van der Waals surface area contributed by atoms with Crippen LogP contribution in [0, 0.1) is 0 Å². The van der Waals surface area contributed by atoms with Crippen molar-refractivity contribution in [3.05, 3.63) is 28.2 Å². The first kappa shape index (κ1) is 15.1. The van der Waals surface area contributed by atoms with Crippen molar-refractivity contribution in [3.63, 3.8) is 0 Å². The van der Waals surface area contributed by atoms with Crippen LogP contribution in [0.3, 0.4) is 0 Å². The summed E-state index contributed by atoms with van der Waals surface area (Å²) in [5.74, 6) is 0.767. The van der Waals surface area contributed by atoms with Crippen molar-refractivity contribution in [1.82, 2.24) is 10.2 Å². The molecule has 1 N–H and O–H groups in total. The summed E-state index contributed by atoms with van der Waals surface area (Å²) in [5.41, 5.74) is 0.941. The van der Waals surface area contributed by atoms with E-state index < -0.39 is 0 Å². The number of carbonyl (C=O) groups is 1. The van der Waals surface area contributed by atoms with Crippen LogP contribution in [0.1, 0.15) is 12.5 Å². The maximum Gasteiger partial charge on any atom is 0.317 e. The Morgan fingerprint density at radius 2 is 2.40 bits per heavy atom. The first-order chi connectivity index (χ1) is 9.60. The van der Waals surface area contributed by atoms with Crippen molar-refractivity contribution in [2.45, 2.75) is 19.6 Å². The van der Waals surface area contributed by atoms with Crippen LogP contribution in [0.15, 0.2) is 22.7 Å². The molecule has 1 fully saturated rings. The minimum Gasteiger partial charge on any atom is -0.496 e. The number of morpholine rings is 1. The van der Waals surface area contributed by atoms with E-state index in [0.717, 1.165) is 15.8 Å². The zero-order chi connectivity index (χ0) is 14.5. The summed E-state index contributed by atoms with van der Waals surface area (Å²) in [4.78, 5) is 13.9. The smallest absolute Gasteiger partial charge is 0.317 e. The predicted molar refractivity (Wildman–Crippen MR) is 79.9 cm³/mol. The molecule has 0 radical (unpaired) electrons. The molecule has 0 aliphatic carbocycles. The van der Waals surface area contributed by atoms with Crippen molar-refractivity contribution >= 4 is 22.0 Å². The lowest BCUT2D eigenvalue weighted by Crippen LogP contribution is -2.48. The third kappa shape index (κ3) is 3.86. The second-order valence-electron chi connectivity index (χ2n) is 4.74. The molecule has 0 bridgehead atoms. The fraction of sp³-hybridized carbons (Fsp3) is 0.500. The van der Waals surface area contributed by atoms with E-state index in [1.165, 1.54) is 0 Å². The van der Waals surface area contributed by atoms with Gasteiger partial charge < -0.3 is 19.7 Å². The Hall–Kier alpha value is -1.27. The van der Waals surface area contributed by atoms with Gasteiger partial charge in [-0.3, -0.25) is 0 Å². The highest BCUT2D eigenvalue weighted by Gasteiger charge is 2.21. The Labute approximate surface area is 127 Å². The van der Waals surface area contributed by atoms with E-state index in [0.29, 0.717) is 26.2 Å². The number of urea groups is 1. The van der Waals surface area contributed by atoms with Gasteiger partial charge in [0.1, 0.15) is 5.75 Å². The highest BCUT2D eigenvalue weighted by Crippen LogP contribution is 2.22. The van der Waals surface area contributed by atoms with Crippen molar-refractivity contribution in [2.24, 2.45) is 0 Å². The molecule has 0 spiro atoms. The van der Waals surface area contributed by atoms with Gasteiger partial charge in [0.25, 0.3) is 0 Å². The van der Waals surface area contributed by atoms with E-state index in [4.69, 9.17) is 9.47 Å². The Balaban J connectivity index is 1.94. The summed E-state index contributed by atoms with van der Waals surface area (Å²) < 4.78 is 11.7. The largest absolute Gasteiger partial charge is 0.496 e. The Morgan fingerprint density at radius 1 is 1.60 bits per heavy atom. The van der Waals surface area contributed by atoms with Crippen molar-refractivity contribution in [2.75, 3.05) is 26.8 Å². The summed E-state index contributed by atoms with van der Waals surface area (Å²) in [6, 6.07) is 5.67. The summed E-state index contributed by atoms with van der Waals surface area (Å²) in [7, 11) is 1.62. The molecule has 20 heavy (non-hydrogen) atoms. The van der Waals surface area contributed by atoms with Crippen molar-refractivity contribution in [3.8, 4) is 5.75 Å². The van der Waals surface area contributed by atoms with Gasteiger partial charge in [0, 0.05) is 29.7 Å². The molecule has 110 valence electrons. The molecular formula is C14H19BrN2O3. The van der Waals surface area contributed by atoms with E-state index in [-0.39, 0.29) is 12.1 Å². The van der Waals surface area contributed by atoms with E-state index >= 15 is 0 Å². The third-order valence-electron chi connectivity index (χ3n) is 3.20. The number of hydrogen-bond donors (Lipinski definition) is 1. The SMILES string of the molecule is COc1ccc(Br)cc1CNC(=O)N1CCO[C@H](C)C1. The van der Waals surface area contributed by atoms with Crippen LogP contribution in [-0.4, -0.2) is 43.8 Å². The van der Waals surface area contributed by atoms with Crippen LogP contribution >= 0.6 is 15.9 Å². The van der Waals surface area contributed by atoms with Crippen molar-refractivity contribution < 1.29 is 14.3 Å². The maximum absolute atomic E-state index is 12.1. The normalized spacial score (nSPS) is 18.8. The number of benzene rings is 1. The standard InChI is InChI=1S/C14H19BrN2O3/c1-10-9-17(5-6-20-10)14(18)16-8-11-7-12(15)3-4-13(11)19-2/h3-4,7,10H,5-6,8-9H2,1-2H3,(H,16,18)/t10-/m1/s1. The Bertz CT molecular complexity index is 481. The second kappa shape index (κ2) is 6.95. The molecule has 1 aliphatic heterocycles. The van der Waals surface area contributed by atoms with Crippen LogP contribution in [-0.2, 0) is 11.3 Å². The first-order valence-electron chi connectivity index (χ1n) is 6.57. The third-order valence-corrected chi connectivity index (χ3v) is 3.69. The minimum absolute atomic E-state index is 0.0674. The van der Waals surface area contributed by atoms with Gasteiger partial charge >= 0.3 is 6.03 Å². The van der Waals surface area contributed by atoms with Gasteiger partial charge in [-0.1, -0.05) is 15.9 Å². The van der Waals surface area contributed by atoms with Crippen LogP contribution in [0.2, 0.25) is 0 Å². The van der Waals surface area contributed by atoms with Crippen LogP contribution < -0.4 is 10.1 Å². The van der Waals surface area contributed by atoms with E-state index in [1.54, 1.807) is 12.0 Å². The van der Waals surface area contributed by atoms with Gasteiger partial charge in [0.2, 0.25) is 0 Å². The number of amides is 2. The minimum atomic E-state index is -0.0674. The molecule has 1 heterocycles. The van der Waals surface area contributed by atoms with Gasteiger partial charge in [-0.15, -0.1) is 0 Å². The van der Waals surface area contributed by atoms with Gasteiger partial charge in [-0.25, -0.2) is 4.79 Å². The molecule has 1 aromatic carbocycles. The summed E-state index contributed by atoms with van der Waals surface area (Å²) >= 11 is 3.42. The molecule has 0 saturated carbocycles. The fourth-order valence-corrected chi connectivity index (χ4v) is 2.58. The fourth-order valence-electron chi connectivity index (χ4n) is 2.17. The Kier molecular flexibility index (Phi) is 5.25. The van der Waals surface area contributed by atoms with Gasteiger partial charge in [0.15, 0.2) is 0 Å². The molecule has 2 rings (SSSR count). The van der Waals surface area contributed by atoms with Crippen LogP contribution in [0.4, 0.5) is 4.79 Å². The number of hydrogen-bond acceptors (Lipinski definition) is 3. The number of halogens is 1. The average Bonchev–Trinajstić information content (AvgIpc) is 2.45. The second-order valence-corrected chi connectivity index (χ2v) is 5.66. The topological polar surface area (TPSA) is 50.8 Å². The predicted octanol–water partition coefficient (Wildman–Crippen LogP) is 2.39. The molecule has 5 nitrogen and oxygen atoms in total. The summed E-state index contributed by atoms with van der Waals surface area (Å²) in [6.45, 7) is 4.26. The maximum atomic E-state index is 12.1. The molecular weight excluding hydrogens is 324 g/mol. The average molecular weight is 343 g/mol. The Morgan fingerprint density at radius 3 is 3.10 bits per heavy atom. The number of rotatable bonds is 3. The van der Waals surface area contributed by atoms with Gasteiger partial charge in [-0.05, 0) is 25.1 Å². The number of nitrogens with one attached hydrogen (secondary N) is 1. The highest BCUT2D eigenvalue weighted by molar-refractivity contribution is 9.10. The van der Waals surface area contributed by atoms with E-state index in [1.807, 2.05) is 25.1 Å². The monoisotopic (exact) mass is 342 g/mol. The van der Waals surface area contributed by atoms with E-state index in [2.05, 4.69) is 21.2 Å². The number of methoxy groups -OCH3 is 1. The molecule has 6 heteroatoms. The first-order valence-corrected chi connectivity index (χ1v) is 7.36. The van der Waals surface area contributed by atoms with Gasteiger partial charge in [0.05, 0.1) is 19.8 Å². The van der Waals surface area contributed by atoms with Crippen LogP contribution in [0.5, 0.6) is 5.75 Å². The van der Waals surface area contributed by atoms with Gasteiger partial charge in [-0.2, -0.15) is 0 Å². The zero-order valence-electron chi connectivity index (χ0n) is 11.7. The number of nitrogens with zero attached hydrogens (tertiary/aromatic N) is 1. The number of carbonyl (C=O) groups excluding carboxylic acids is 1. The molecule has 1 saturated heterocycles. The number of ether oxygens (including phenoxy) is 2. The lowest BCUT2D eigenvalue weighted by molar-refractivity contribution is -0.00352.